The molecule has 0 atom stereocenters. The highest BCUT2D eigenvalue weighted by atomic mass is 16.5. The van der Waals surface area contributed by atoms with Gasteiger partial charge in [-0.1, -0.05) is 63.3 Å². The molecule has 5 aliphatic rings. The Bertz CT molecular complexity index is 810. The topological polar surface area (TPSA) is 25.4 Å². The standard InChI is InChI=1S/2C10H21N.C9H19N.C8H17NO.C8H17N.5CH4/c1-9-5-7-11(8-6-9)10(2,3)4;1-10(2,3)11-8-6-4-5-7-9-11;1-9(2,3)10-7-5-4-6-8-10;1-8(2,3)9-4-6-10-7-5-9;1-8(2,3)9-6-4-5-7-9;;;;;/h9H,5-8H2,1-4H3;4-9H2,1-3H3;4-8H2,1-3H3;4-7H2,1-3H3;4-7H2,1-3H3;5*1H4. The summed E-state index contributed by atoms with van der Waals surface area (Å²) in [7, 11) is 0. The molecule has 6 heteroatoms. The molecule has 5 saturated heterocycles. The average Bonchev–Trinajstić information content (AvgIpc) is 3.45. The molecule has 56 heavy (non-hydrogen) atoms. The highest BCUT2D eigenvalue weighted by Gasteiger charge is 2.26. The van der Waals surface area contributed by atoms with E-state index in [4.69, 9.17) is 4.74 Å². The van der Waals surface area contributed by atoms with E-state index in [1.54, 1.807) is 0 Å². The predicted molar refractivity (Wildman–Crippen MR) is 261 cm³/mol. The zero-order valence-corrected chi connectivity index (χ0v) is 38.0. The molecule has 0 N–H and O–H groups in total. The van der Waals surface area contributed by atoms with E-state index in [1.807, 2.05) is 0 Å². The number of morpholine rings is 1. The second-order valence-electron chi connectivity index (χ2n) is 21.3. The summed E-state index contributed by atoms with van der Waals surface area (Å²) < 4.78 is 5.25. The Labute approximate surface area is 359 Å². The highest BCUT2D eigenvalue weighted by molar-refractivity contribution is 4.82. The van der Waals surface area contributed by atoms with E-state index < -0.39 is 0 Å². The summed E-state index contributed by atoms with van der Waals surface area (Å²) >= 11 is 0. The van der Waals surface area contributed by atoms with Crippen LogP contribution in [0.3, 0.4) is 0 Å². The minimum atomic E-state index is 0. The van der Waals surface area contributed by atoms with Crippen LogP contribution in [0.5, 0.6) is 0 Å². The van der Waals surface area contributed by atoms with Crippen LogP contribution >= 0.6 is 0 Å². The van der Waals surface area contributed by atoms with Crippen LogP contribution < -0.4 is 0 Å². The van der Waals surface area contributed by atoms with Crippen molar-refractivity contribution in [3.8, 4) is 0 Å². The van der Waals surface area contributed by atoms with E-state index in [-0.39, 0.29) is 37.1 Å². The summed E-state index contributed by atoms with van der Waals surface area (Å²) in [4.78, 5) is 12.8. The molecule has 0 saturated carbocycles. The lowest BCUT2D eigenvalue weighted by Gasteiger charge is -2.40. The van der Waals surface area contributed by atoms with Gasteiger partial charge in [0.2, 0.25) is 0 Å². The smallest absolute Gasteiger partial charge is 0.0594 e. The molecular formula is C50H115N5O. The molecule has 0 aliphatic carbocycles. The molecule has 0 unspecified atom stereocenters. The molecule has 6 nitrogen and oxygen atoms in total. The number of hydrogen-bond donors (Lipinski definition) is 0. The monoisotopic (exact) mass is 802 g/mol. The molecule has 0 aromatic carbocycles. The fraction of sp³-hybridized carbons (Fsp3) is 1.00. The number of hydrogen-bond acceptors (Lipinski definition) is 6. The van der Waals surface area contributed by atoms with E-state index in [2.05, 4.69) is 135 Å². The Morgan fingerprint density at radius 2 is 0.500 bits per heavy atom. The van der Waals surface area contributed by atoms with Gasteiger partial charge in [0.15, 0.2) is 0 Å². The first-order valence-electron chi connectivity index (χ1n) is 21.8. The van der Waals surface area contributed by atoms with Gasteiger partial charge >= 0.3 is 0 Å². The highest BCUT2D eigenvalue weighted by Crippen LogP contribution is 2.24. The van der Waals surface area contributed by atoms with Crippen LogP contribution in [0.25, 0.3) is 0 Å². The molecular weight excluding hydrogens is 687 g/mol. The molecule has 0 radical (unpaired) electrons. The second kappa shape index (κ2) is 30.7. The van der Waals surface area contributed by atoms with E-state index in [1.165, 1.54) is 123 Å². The second-order valence-corrected chi connectivity index (χ2v) is 21.3. The zero-order chi connectivity index (χ0) is 38.9. The van der Waals surface area contributed by atoms with Crippen molar-refractivity contribution in [2.24, 2.45) is 5.92 Å². The lowest BCUT2D eigenvalue weighted by molar-refractivity contribution is -0.00389. The Kier molecular flexibility index (Phi) is 35.6. The van der Waals surface area contributed by atoms with Gasteiger partial charge in [0, 0.05) is 40.8 Å². The number of piperidine rings is 2. The molecule has 0 aromatic rings. The summed E-state index contributed by atoms with van der Waals surface area (Å²) in [5, 5.41) is 0. The Hall–Kier alpha value is -0.240. The summed E-state index contributed by atoms with van der Waals surface area (Å²) in [6.45, 7) is 51.2. The summed E-state index contributed by atoms with van der Waals surface area (Å²) in [5.41, 5.74) is 1.92. The Morgan fingerprint density at radius 3 is 0.732 bits per heavy atom. The number of likely N-dealkylation sites (tertiary alicyclic amines) is 4. The SMILES string of the molecule is C.C.C.C.C.CC(C)(C)N1CCCC1.CC(C)(C)N1CCCCC1.CC(C)(C)N1CCCCCC1.CC(C)(C)N1CCOCC1.CC1CCN(C(C)(C)C)CC1. The van der Waals surface area contributed by atoms with Crippen LogP contribution in [-0.4, -0.2) is 131 Å². The van der Waals surface area contributed by atoms with Crippen molar-refractivity contribution in [2.45, 2.75) is 246 Å². The number of nitrogens with zero attached hydrogens (tertiary/aromatic N) is 5. The van der Waals surface area contributed by atoms with Crippen molar-refractivity contribution in [1.29, 1.82) is 0 Å². The molecule has 5 aliphatic heterocycles. The largest absolute Gasteiger partial charge is 0.379 e. The first kappa shape index (κ1) is 64.9. The number of ether oxygens (including phenoxy) is 1. The normalized spacial score (nSPS) is 21.2. The van der Waals surface area contributed by atoms with Crippen LogP contribution in [0.15, 0.2) is 0 Å². The quantitative estimate of drug-likeness (QED) is 0.242. The van der Waals surface area contributed by atoms with Gasteiger partial charge in [0.25, 0.3) is 0 Å². The van der Waals surface area contributed by atoms with Crippen LogP contribution in [0.2, 0.25) is 0 Å². The van der Waals surface area contributed by atoms with Gasteiger partial charge in [-0.3, -0.25) is 24.5 Å². The summed E-state index contributed by atoms with van der Waals surface area (Å²) in [6, 6.07) is 0. The van der Waals surface area contributed by atoms with Gasteiger partial charge < -0.3 is 4.74 Å². The third-order valence-corrected chi connectivity index (χ3v) is 11.6. The van der Waals surface area contributed by atoms with Crippen molar-refractivity contribution in [3.63, 3.8) is 0 Å². The van der Waals surface area contributed by atoms with Crippen molar-refractivity contribution in [1.82, 2.24) is 24.5 Å². The van der Waals surface area contributed by atoms with Crippen molar-refractivity contribution < 1.29 is 4.74 Å². The maximum absolute atomic E-state index is 5.25. The molecule has 0 spiro atoms. The van der Waals surface area contributed by atoms with Gasteiger partial charge in [-0.25, -0.2) is 0 Å². The molecule has 0 aromatic heterocycles. The van der Waals surface area contributed by atoms with E-state index in [0.717, 1.165) is 32.2 Å². The lowest BCUT2D eigenvalue weighted by atomic mass is 9.95. The van der Waals surface area contributed by atoms with Crippen molar-refractivity contribution in [3.05, 3.63) is 0 Å². The fourth-order valence-corrected chi connectivity index (χ4v) is 7.61. The third-order valence-electron chi connectivity index (χ3n) is 11.6. The zero-order valence-electron chi connectivity index (χ0n) is 38.0. The van der Waals surface area contributed by atoms with Gasteiger partial charge in [-0.15, -0.1) is 0 Å². The first-order valence-corrected chi connectivity index (χ1v) is 21.8. The van der Waals surface area contributed by atoms with Gasteiger partial charge in [-0.2, -0.15) is 0 Å². The molecule has 0 bridgehead atoms. The van der Waals surface area contributed by atoms with Crippen LogP contribution in [0.1, 0.15) is 219 Å². The Balaban J connectivity index is -0.000000190. The third kappa shape index (κ3) is 29.1. The van der Waals surface area contributed by atoms with Gasteiger partial charge in [0.1, 0.15) is 0 Å². The van der Waals surface area contributed by atoms with Gasteiger partial charge in [-0.05, 0) is 213 Å². The first-order chi connectivity index (χ1) is 23.4. The van der Waals surface area contributed by atoms with E-state index >= 15 is 0 Å². The maximum atomic E-state index is 5.25. The lowest BCUT2D eigenvalue weighted by Crippen LogP contribution is -2.47. The number of rotatable bonds is 0. The predicted octanol–water partition coefficient (Wildman–Crippen LogP) is 13.6. The molecule has 5 fully saturated rings. The van der Waals surface area contributed by atoms with E-state index in [9.17, 15) is 0 Å². The maximum Gasteiger partial charge on any atom is 0.0594 e. The summed E-state index contributed by atoms with van der Waals surface area (Å²) in [5.74, 6) is 0.952. The minimum Gasteiger partial charge on any atom is -0.379 e. The van der Waals surface area contributed by atoms with E-state index in [0.29, 0.717) is 27.7 Å². The van der Waals surface area contributed by atoms with Crippen molar-refractivity contribution in [2.75, 3.05) is 78.7 Å². The molecule has 346 valence electrons. The average molecular weight is 803 g/mol. The van der Waals surface area contributed by atoms with Crippen LogP contribution in [0.4, 0.5) is 0 Å². The summed E-state index contributed by atoms with van der Waals surface area (Å²) in [6.07, 6.45) is 15.5. The Morgan fingerprint density at radius 1 is 0.304 bits per heavy atom. The molecule has 5 rings (SSSR count). The minimum absolute atomic E-state index is 0. The fourth-order valence-electron chi connectivity index (χ4n) is 7.61. The van der Waals surface area contributed by atoms with Crippen LogP contribution in [0, 0.1) is 5.92 Å². The van der Waals surface area contributed by atoms with Gasteiger partial charge in [0.05, 0.1) is 13.2 Å². The molecule has 5 heterocycles. The van der Waals surface area contributed by atoms with Crippen molar-refractivity contribution >= 4 is 0 Å². The van der Waals surface area contributed by atoms with Crippen LogP contribution in [-0.2, 0) is 4.74 Å². The molecule has 0 amide bonds.